The van der Waals surface area contributed by atoms with Gasteiger partial charge in [0.25, 0.3) is 5.91 Å². The number of hydrogen-bond donors (Lipinski definition) is 2. The number of rotatable bonds is 8. The van der Waals surface area contributed by atoms with E-state index in [1.165, 1.54) is 12.7 Å². The maximum atomic E-state index is 13.0. The lowest BCUT2D eigenvalue weighted by Gasteiger charge is -2.22. The molecule has 0 aliphatic carbocycles. The summed E-state index contributed by atoms with van der Waals surface area (Å²) in [4.78, 5) is 38.7. The Morgan fingerprint density at radius 2 is 1.87 bits per heavy atom. The molecule has 1 fully saturated rings. The average Bonchev–Trinajstić information content (AvgIpc) is 2.98. The second-order valence-corrected chi connectivity index (χ2v) is 8.17. The lowest BCUT2D eigenvalue weighted by molar-refractivity contribution is -0.134. The van der Waals surface area contributed by atoms with Gasteiger partial charge in [0, 0.05) is 6.54 Å². The number of nitrogens with one attached hydrogen (secondary N) is 2. The predicted octanol–water partition coefficient (Wildman–Crippen LogP) is 2.94. The first kappa shape index (κ1) is 22.3. The normalized spacial score (nSPS) is 18.3. The quantitative estimate of drug-likeness (QED) is 0.639. The van der Waals surface area contributed by atoms with Crippen LogP contribution in [0.1, 0.15) is 43.4 Å². The summed E-state index contributed by atoms with van der Waals surface area (Å²) in [5.74, 6) is 0.210. The van der Waals surface area contributed by atoms with Crippen molar-refractivity contribution in [2.75, 3.05) is 20.2 Å². The van der Waals surface area contributed by atoms with Crippen molar-refractivity contribution < 1.29 is 19.1 Å². The Bertz CT molecular complexity index is 971. The van der Waals surface area contributed by atoms with Crippen LogP contribution in [0.3, 0.4) is 0 Å². The molecule has 0 saturated carbocycles. The van der Waals surface area contributed by atoms with E-state index >= 15 is 0 Å². The molecule has 31 heavy (non-hydrogen) atoms. The second-order valence-electron chi connectivity index (χ2n) is 8.17. The van der Waals surface area contributed by atoms with Gasteiger partial charge in [0.05, 0.1) is 7.11 Å². The summed E-state index contributed by atoms with van der Waals surface area (Å²) >= 11 is 0. The van der Waals surface area contributed by atoms with Gasteiger partial charge in [-0.3, -0.25) is 14.5 Å². The number of imide groups is 1. The van der Waals surface area contributed by atoms with Gasteiger partial charge in [0.15, 0.2) is 0 Å². The highest BCUT2D eigenvalue weighted by Crippen LogP contribution is 2.30. The Kier molecular flexibility index (Phi) is 6.63. The summed E-state index contributed by atoms with van der Waals surface area (Å²) in [5.41, 5.74) is 1.73. The Balaban J connectivity index is 1.57. The van der Waals surface area contributed by atoms with Crippen molar-refractivity contribution in [1.29, 1.82) is 0 Å². The zero-order valence-corrected chi connectivity index (χ0v) is 18.4. The van der Waals surface area contributed by atoms with Crippen LogP contribution in [0.4, 0.5) is 4.79 Å². The van der Waals surface area contributed by atoms with Crippen LogP contribution in [0.5, 0.6) is 5.75 Å². The summed E-state index contributed by atoms with van der Waals surface area (Å²) < 4.78 is 5.21. The number of urea groups is 1. The van der Waals surface area contributed by atoms with Crippen molar-refractivity contribution in [1.82, 2.24) is 15.5 Å². The smallest absolute Gasteiger partial charge is 0.325 e. The van der Waals surface area contributed by atoms with Gasteiger partial charge in [0.1, 0.15) is 17.8 Å². The molecule has 0 radical (unpaired) electrons. The van der Waals surface area contributed by atoms with Crippen molar-refractivity contribution in [3.63, 3.8) is 0 Å². The molecule has 1 aliphatic heterocycles. The van der Waals surface area contributed by atoms with E-state index in [1.54, 1.807) is 31.2 Å². The van der Waals surface area contributed by atoms with Gasteiger partial charge in [-0.25, -0.2) is 4.79 Å². The summed E-state index contributed by atoms with van der Waals surface area (Å²) in [6.45, 7) is 6.02. The summed E-state index contributed by atoms with van der Waals surface area (Å²) in [6, 6.07) is 14.7. The molecule has 3 rings (SSSR count). The van der Waals surface area contributed by atoms with Gasteiger partial charge in [-0.1, -0.05) is 50.2 Å². The first-order chi connectivity index (χ1) is 14.7. The monoisotopic (exact) mass is 423 g/mol. The maximum absolute atomic E-state index is 13.0. The first-order valence-corrected chi connectivity index (χ1v) is 10.4. The molecule has 2 aromatic carbocycles. The van der Waals surface area contributed by atoms with E-state index in [9.17, 15) is 14.4 Å². The molecule has 2 aromatic rings. The molecule has 0 spiro atoms. The zero-order valence-electron chi connectivity index (χ0n) is 18.4. The number of hydrogen-bond acceptors (Lipinski definition) is 4. The third-order valence-corrected chi connectivity index (χ3v) is 5.61. The minimum Gasteiger partial charge on any atom is -0.497 e. The third-order valence-electron chi connectivity index (χ3n) is 5.61. The molecule has 1 saturated heterocycles. The molecule has 1 atom stereocenters. The highest BCUT2D eigenvalue weighted by molar-refractivity contribution is 6.09. The van der Waals surface area contributed by atoms with Crippen LogP contribution < -0.4 is 15.4 Å². The van der Waals surface area contributed by atoms with Crippen LogP contribution in [0.25, 0.3) is 0 Å². The first-order valence-electron chi connectivity index (χ1n) is 10.4. The molecule has 7 nitrogen and oxygen atoms in total. The van der Waals surface area contributed by atoms with E-state index in [1.807, 2.05) is 0 Å². The largest absolute Gasteiger partial charge is 0.497 e. The fourth-order valence-corrected chi connectivity index (χ4v) is 3.59. The summed E-state index contributed by atoms with van der Waals surface area (Å²) in [6.07, 6.45) is 0.672. The second kappa shape index (κ2) is 9.20. The number of amides is 4. The van der Waals surface area contributed by atoms with Crippen molar-refractivity contribution in [3.8, 4) is 5.75 Å². The number of benzene rings is 2. The van der Waals surface area contributed by atoms with Crippen LogP contribution in [0, 0.1) is 0 Å². The number of nitrogens with zero attached hydrogens (tertiary/aromatic N) is 1. The van der Waals surface area contributed by atoms with Gasteiger partial charge in [-0.05, 0) is 48.1 Å². The fraction of sp³-hybridized carbons (Fsp3) is 0.375. The minimum atomic E-state index is -1.25. The highest BCUT2D eigenvalue weighted by Gasteiger charge is 2.49. The molecular weight excluding hydrogens is 394 g/mol. The predicted molar refractivity (Wildman–Crippen MR) is 118 cm³/mol. The van der Waals surface area contributed by atoms with Gasteiger partial charge < -0.3 is 15.4 Å². The highest BCUT2D eigenvalue weighted by atomic mass is 16.5. The summed E-state index contributed by atoms with van der Waals surface area (Å²) in [5, 5.41) is 5.49. The van der Waals surface area contributed by atoms with E-state index in [2.05, 4.69) is 48.7 Å². The summed E-state index contributed by atoms with van der Waals surface area (Å²) in [7, 11) is 1.53. The van der Waals surface area contributed by atoms with E-state index in [0.717, 1.165) is 10.5 Å². The van der Waals surface area contributed by atoms with Crippen molar-refractivity contribution >= 4 is 17.8 Å². The number of methoxy groups -OCH3 is 1. The lowest BCUT2D eigenvalue weighted by Crippen LogP contribution is -2.43. The average molecular weight is 424 g/mol. The molecule has 4 amide bonds. The molecule has 0 unspecified atom stereocenters. The standard InChI is InChI=1S/C24H29N3O4/c1-16(2)18-10-8-17(9-11-18)12-13-25-21(28)15-27-22(29)24(3,26-23(27)30)19-6-5-7-20(14-19)31-4/h5-11,14,16H,12-13,15H2,1-4H3,(H,25,28)(H,26,30)/t24-/m0/s1. The third kappa shape index (κ3) is 4.87. The molecular formula is C24H29N3O4. The molecule has 1 aliphatic rings. The van der Waals surface area contributed by atoms with Crippen molar-refractivity contribution in [2.45, 2.75) is 38.6 Å². The van der Waals surface area contributed by atoms with E-state index < -0.39 is 17.5 Å². The van der Waals surface area contributed by atoms with Crippen LogP contribution in [0.2, 0.25) is 0 Å². The molecule has 2 N–H and O–H groups in total. The number of carbonyl (C=O) groups excluding carboxylic acids is 3. The van der Waals surface area contributed by atoms with E-state index in [4.69, 9.17) is 4.74 Å². The molecule has 164 valence electrons. The topological polar surface area (TPSA) is 87.7 Å². The SMILES string of the molecule is COc1cccc([C@]2(C)NC(=O)N(CC(=O)NCCc3ccc(C(C)C)cc3)C2=O)c1. The maximum Gasteiger partial charge on any atom is 0.325 e. The van der Waals surface area contributed by atoms with Crippen molar-refractivity contribution in [2.24, 2.45) is 0 Å². The number of ether oxygens (including phenoxy) is 1. The number of carbonyl (C=O) groups is 3. The zero-order chi connectivity index (χ0) is 22.6. The van der Waals surface area contributed by atoms with Gasteiger partial charge >= 0.3 is 6.03 Å². The van der Waals surface area contributed by atoms with Crippen LogP contribution in [-0.2, 0) is 21.5 Å². The Morgan fingerprint density at radius 3 is 2.52 bits per heavy atom. The van der Waals surface area contributed by atoms with Crippen LogP contribution in [0.15, 0.2) is 48.5 Å². The minimum absolute atomic E-state index is 0.323. The molecule has 1 heterocycles. The molecule has 7 heteroatoms. The lowest BCUT2D eigenvalue weighted by atomic mass is 9.92. The van der Waals surface area contributed by atoms with Gasteiger partial charge in [-0.15, -0.1) is 0 Å². The molecule has 0 aromatic heterocycles. The Morgan fingerprint density at radius 1 is 1.16 bits per heavy atom. The molecule has 0 bridgehead atoms. The Hall–Kier alpha value is -3.35. The van der Waals surface area contributed by atoms with Gasteiger partial charge in [-0.2, -0.15) is 0 Å². The fourth-order valence-electron chi connectivity index (χ4n) is 3.59. The Labute approximate surface area is 182 Å². The van der Waals surface area contributed by atoms with E-state index in [-0.39, 0.29) is 12.5 Å². The van der Waals surface area contributed by atoms with Crippen molar-refractivity contribution in [3.05, 3.63) is 65.2 Å². The van der Waals surface area contributed by atoms with Gasteiger partial charge in [0.2, 0.25) is 5.91 Å². The van der Waals surface area contributed by atoms with E-state index in [0.29, 0.717) is 30.2 Å². The van der Waals surface area contributed by atoms with Crippen LogP contribution in [-0.4, -0.2) is 42.9 Å². The van der Waals surface area contributed by atoms with Crippen LogP contribution >= 0.6 is 0 Å².